The lowest BCUT2D eigenvalue weighted by molar-refractivity contribution is -0.0878. The zero-order valence-electron chi connectivity index (χ0n) is 13.2. The van der Waals surface area contributed by atoms with Crippen molar-refractivity contribution >= 4 is 11.9 Å². The van der Waals surface area contributed by atoms with E-state index >= 15 is 0 Å². The zero-order chi connectivity index (χ0) is 17.5. The molecule has 134 valence electrons. The molecule has 0 saturated heterocycles. The number of anilines is 1. The van der Waals surface area contributed by atoms with Crippen molar-refractivity contribution in [3.8, 4) is 0 Å². The average molecular weight is 349 g/mol. The van der Waals surface area contributed by atoms with Crippen molar-refractivity contribution in [1.29, 1.82) is 0 Å². The van der Waals surface area contributed by atoms with Gasteiger partial charge < -0.3 is 4.74 Å². The van der Waals surface area contributed by atoms with Gasteiger partial charge in [-0.15, -0.1) is 0 Å². The third kappa shape index (κ3) is 3.34. The Morgan fingerprint density at radius 2 is 2.08 bits per heavy atom. The highest BCUT2D eigenvalue weighted by molar-refractivity contribution is 5.84. The van der Waals surface area contributed by atoms with Gasteiger partial charge in [-0.25, -0.2) is 27.0 Å². The fourth-order valence-corrected chi connectivity index (χ4v) is 3.09. The Balaban J connectivity index is 1.78. The van der Waals surface area contributed by atoms with Crippen LogP contribution in [0.5, 0.6) is 0 Å². The second-order valence-electron chi connectivity index (χ2n) is 6.46. The molecule has 3 rings (SSSR count). The minimum absolute atomic E-state index is 0.0865. The Bertz CT molecular complexity index is 620. The maximum atomic E-state index is 13.1. The largest absolute Gasteiger partial charge is 0.443 e. The molecule has 2 saturated carbocycles. The number of rotatable bonds is 5. The first-order chi connectivity index (χ1) is 11.3. The Morgan fingerprint density at radius 3 is 2.58 bits per heavy atom. The first kappa shape index (κ1) is 17.0. The van der Waals surface area contributed by atoms with E-state index in [0.29, 0.717) is 17.1 Å². The van der Waals surface area contributed by atoms with Crippen molar-refractivity contribution in [2.45, 2.75) is 63.3 Å². The molecular formula is C15H19F4N3O2. The zero-order valence-corrected chi connectivity index (χ0v) is 13.2. The van der Waals surface area contributed by atoms with Crippen LogP contribution in [-0.4, -0.2) is 34.8 Å². The van der Waals surface area contributed by atoms with Crippen LogP contribution in [0, 0.1) is 6.92 Å². The standard InChI is InChI=1S/C15H19F4N3O2/c1-8-12(9-5-15(18,19)6-9)21-22(10-3-2-4-10)13(8)20-14(23)24-7-11(16)17/h9-11H,2-7H2,1H3,(H,20,23). The van der Waals surface area contributed by atoms with Crippen LogP contribution in [0.2, 0.25) is 0 Å². The minimum atomic E-state index is -2.75. The fourth-order valence-electron chi connectivity index (χ4n) is 3.09. The molecule has 0 radical (unpaired) electrons. The number of nitrogens with zero attached hydrogens (tertiary/aromatic N) is 2. The molecule has 5 nitrogen and oxygen atoms in total. The van der Waals surface area contributed by atoms with Crippen molar-refractivity contribution in [3.05, 3.63) is 11.3 Å². The van der Waals surface area contributed by atoms with Crippen LogP contribution >= 0.6 is 0 Å². The van der Waals surface area contributed by atoms with Crippen molar-refractivity contribution < 1.29 is 27.1 Å². The second kappa shape index (κ2) is 6.25. The Labute approximate surface area is 136 Å². The number of hydrogen-bond acceptors (Lipinski definition) is 3. The van der Waals surface area contributed by atoms with Crippen LogP contribution in [0.15, 0.2) is 0 Å². The minimum Gasteiger partial charge on any atom is -0.443 e. The molecule has 1 amide bonds. The summed E-state index contributed by atoms with van der Waals surface area (Å²) >= 11 is 0. The summed E-state index contributed by atoms with van der Waals surface area (Å²) in [5.41, 5.74) is 1.13. The number of amides is 1. The summed E-state index contributed by atoms with van der Waals surface area (Å²) in [5.74, 6) is -2.66. The highest BCUT2D eigenvalue weighted by Crippen LogP contribution is 2.50. The summed E-state index contributed by atoms with van der Waals surface area (Å²) in [4.78, 5) is 11.7. The number of carbonyl (C=O) groups excluding carboxylic acids is 1. The molecule has 1 N–H and O–H groups in total. The number of hydrogen-bond donors (Lipinski definition) is 1. The summed E-state index contributed by atoms with van der Waals surface area (Å²) < 4.78 is 56.6. The Hall–Kier alpha value is -1.80. The third-order valence-electron chi connectivity index (χ3n) is 4.64. The molecule has 2 aliphatic carbocycles. The summed E-state index contributed by atoms with van der Waals surface area (Å²) in [6.45, 7) is 0.695. The van der Waals surface area contributed by atoms with E-state index in [1.807, 2.05) is 0 Å². The lowest BCUT2D eigenvalue weighted by atomic mass is 9.78. The van der Waals surface area contributed by atoms with Gasteiger partial charge in [0, 0.05) is 24.3 Å². The highest BCUT2D eigenvalue weighted by atomic mass is 19.3. The molecular weight excluding hydrogens is 330 g/mol. The van der Waals surface area contributed by atoms with E-state index in [1.54, 1.807) is 11.6 Å². The maximum Gasteiger partial charge on any atom is 0.413 e. The SMILES string of the molecule is Cc1c(C2CC(F)(F)C2)nn(C2CCC2)c1NC(=O)OCC(F)F. The highest BCUT2D eigenvalue weighted by Gasteiger charge is 2.48. The normalized spacial score (nSPS) is 20.6. The number of carbonyl (C=O) groups is 1. The van der Waals surface area contributed by atoms with Gasteiger partial charge >= 0.3 is 6.09 Å². The van der Waals surface area contributed by atoms with Crippen LogP contribution in [0.1, 0.15) is 55.3 Å². The van der Waals surface area contributed by atoms with Gasteiger partial charge in [0.15, 0.2) is 6.61 Å². The van der Waals surface area contributed by atoms with Gasteiger partial charge in [0.05, 0.1) is 11.7 Å². The molecule has 0 bridgehead atoms. The molecule has 0 aliphatic heterocycles. The second-order valence-corrected chi connectivity index (χ2v) is 6.46. The third-order valence-corrected chi connectivity index (χ3v) is 4.64. The topological polar surface area (TPSA) is 56.2 Å². The molecule has 1 aromatic heterocycles. The summed E-state index contributed by atoms with van der Waals surface area (Å²) in [6.07, 6.45) is -1.49. The van der Waals surface area contributed by atoms with E-state index in [-0.39, 0.29) is 24.8 Å². The quantitative estimate of drug-likeness (QED) is 0.809. The fraction of sp³-hybridized carbons (Fsp3) is 0.733. The molecule has 24 heavy (non-hydrogen) atoms. The van der Waals surface area contributed by atoms with Gasteiger partial charge in [0.25, 0.3) is 6.43 Å². The predicted molar refractivity (Wildman–Crippen MR) is 77.7 cm³/mol. The number of halogens is 4. The van der Waals surface area contributed by atoms with Crippen LogP contribution in [0.3, 0.4) is 0 Å². The van der Waals surface area contributed by atoms with Gasteiger partial charge in [-0.3, -0.25) is 5.32 Å². The predicted octanol–water partition coefficient (Wildman–Crippen LogP) is 4.24. The Kier molecular flexibility index (Phi) is 4.44. The van der Waals surface area contributed by atoms with Gasteiger partial charge in [-0.2, -0.15) is 5.10 Å². The lowest BCUT2D eigenvalue weighted by Gasteiger charge is -2.34. The Morgan fingerprint density at radius 1 is 1.42 bits per heavy atom. The van der Waals surface area contributed by atoms with Crippen LogP contribution < -0.4 is 5.32 Å². The van der Waals surface area contributed by atoms with E-state index in [9.17, 15) is 22.4 Å². The van der Waals surface area contributed by atoms with Crippen molar-refractivity contribution in [3.63, 3.8) is 0 Å². The molecule has 0 unspecified atom stereocenters. The molecule has 2 aliphatic rings. The van der Waals surface area contributed by atoms with E-state index in [1.165, 1.54) is 0 Å². The van der Waals surface area contributed by atoms with Crippen molar-refractivity contribution in [2.75, 3.05) is 11.9 Å². The monoisotopic (exact) mass is 349 g/mol. The lowest BCUT2D eigenvalue weighted by Crippen LogP contribution is -2.34. The summed E-state index contributed by atoms with van der Waals surface area (Å²) in [7, 11) is 0. The molecule has 0 atom stereocenters. The molecule has 0 aromatic carbocycles. The molecule has 1 aromatic rings. The number of alkyl halides is 4. The number of ether oxygens (including phenoxy) is 1. The average Bonchev–Trinajstić information content (AvgIpc) is 2.70. The first-order valence-electron chi connectivity index (χ1n) is 7.95. The van der Waals surface area contributed by atoms with E-state index < -0.39 is 25.0 Å². The van der Waals surface area contributed by atoms with Crippen molar-refractivity contribution in [2.24, 2.45) is 0 Å². The summed E-state index contributed by atoms with van der Waals surface area (Å²) in [5, 5.41) is 6.88. The first-order valence-corrected chi connectivity index (χ1v) is 7.95. The van der Waals surface area contributed by atoms with Gasteiger partial charge in [-0.1, -0.05) is 0 Å². The summed E-state index contributed by atoms with van der Waals surface area (Å²) in [6, 6.07) is 0.0865. The number of aromatic nitrogens is 2. The molecule has 9 heteroatoms. The van der Waals surface area contributed by atoms with Gasteiger partial charge in [-0.05, 0) is 26.2 Å². The van der Waals surface area contributed by atoms with E-state index in [2.05, 4.69) is 15.2 Å². The van der Waals surface area contributed by atoms with E-state index in [4.69, 9.17) is 0 Å². The molecule has 1 heterocycles. The van der Waals surface area contributed by atoms with Gasteiger partial charge in [0.2, 0.25) is 5.92 Å². The molecule has 2 fully saturated rings. The van der Waals surface area contributed by atoms with Gasteiger partial charge in [0.1, 0.15) is 5.82 Å². The van der Waals surface area contributed by atoms with Crippen LogP contribution in [0.25, 0.3) is 0 Å². The van der Waals surface area contributed by atoms with Crippen LogP contribution in [-0.2, 0) is 4.74 Å². The van der Waals surface area contributed by atoms with E-state index in [0.717, 1.165) is 19.3 Å². The number of nitrogens with one attached hydrogen (secondary N) is 1. The molecule has 0 spiro atoms. The van der Waals surface area contributed by atoms with Crippen molar-refractivity contribution in [1.82, 2.24) is 9.78 Å². The maximum absolute atomic E-state index is 13.1. The van der Waals surface area contributed by atoms with Crippen LogP contribution in [0.4, 0.5) is 28.2 Å². The smallest absolute Gasteiger partial charge is 0.413 e.